The molecule has 6 heteroatoms. The van der Waals surface area contributed by atoms with Gasteiger partial charge in [-0.05, 0) is 51.4 Å². The fourth-order valence-corrected chi connectivity index (χ4v) is 9.02. The molecule has 63 heavy (non-hydrogen) atoms. The van der Waals surface area contributed by atoms with Crippen LogP contribution in [0.15, 0.2) is 12.2 Å². The van der Waals surface area contributed by atoms with Gasteiger partial charge in [-0.3, -0.25) is 9.59 Å². The van der Waals surface area contributed by atoms with Gasteiger partial charge in [0, 0.05) is 6.42 Å². The normalized spacial score (nSPS) is 13.2. The molecule has 3 N–H and O–H groups in total. The molecule has 0 fully saturated rings. The molecule has 0 bridgehead atoms. The number of nitrogens with one attached hydrogen (secondary N) is 1. The minimum Gasteiger partial charge on any atom is -0.462 e. The summed E-state index contributed by atoms with van der Waals surface area (Å²) in [7, 11) is 0. The van der Waals surface area contributed by atoms with Crippen molar-refractivity contribution in [2.24, 2.45) is 0 Å². The van der Waals surface area contributed by atoms with Crippen LogP contribution in [0.25, 0.3) is 0 Å². The number of carbonyl (C=O) groups excluding carboxylic acids is 2. The van der Waals surface area contributed by atoms with Gasteiger partial charge in [0.2, 0.25) is 5.91 Å². The van der Waals surface area contributed by atoms with Crippen LogP contribution >= 0.6 is 0 Å². The van der Waals surface area contributed by atoms with Crippen LogP contribution in [0.4, 0.5) is 0 Å². The Bertz CT molecular complexity index is 955. The number of hydrogen-bond donors (Lipinski definition) is 3. The summed E-state index contributed by atoms with van der Waals surface area (Å²) in [6.07, 6.45) is 58.4. The average molecular weight is 891 g/mol. The summed E-state index contributed by atoms with van der Waals surface area (Å²) in [5.74, 6) is -0.461. The number of rotatable bonds is 52. The molecular weight excluding hydrogens is 779 g/mol. The third-order valence-electron chi connectivity index (χ3n) is 13.3. The van der Waals surface area contributed by atoms with E-state index in [1.54, 1.807) is 0 Å². The topological polar surface area (TPSA) is 95.9 Å². The van der Waals surface area contributed by atoms with E-state index in [1.165, 1.54) is 218 Å². The second-order valence-electron chi connectivity index (χ2n) is 19.7. The first-order valence-electron chi connectivity index (χ1n) is 28.4. The highest BCUT2D eigenvalue weighted by atomic mass is 16.5. The second kappa shape index (κ2) is 51.6. The summed E-state index contributed by atoms with van der Waals surface area (Å²) in [6, 6.07) is -0.697. The molecule has 0 aromatic rings. The molecule has 0 heterocycles. The predicted octanol–water partition coefficient (Wildman–Crippen LogP) is 17.3. The molecule has 0 aromatic heterocycles. The summed E-state index contributed by atoms with van der Waals surface area (Å²) >= 11 is 0. The summed E-state index contributed by atoms with van der Waals surface area (Å²) in [4.78, 5) is 26.2. The number of amides is 1. The SMILES string of the molecule is CCCCCCCCC/C=C/CCCCCCCC(=O)OC(CCCCCCCCCCCCCCCC)CC(=O)NC(CO)C(O)CCCCCCCCCCCCCCCC. The molecule has 3 atom stereocenters. The first kappa shape index (κ1) is 61.6. The van der Waals surface area contributed by atoms with Crippen LogP contribution in [0.2, 0.25) is 0 Å². The standard InChI is InChI=1S/C57H111NO5/c1-4-7-10-13-16-19-22-25-28-29-32-35-38-41-44-47-50-57(62)63-53(48-45-42-39-36-33-30-26-23-20-17-14-11-8-5-2)51-56(61)58-54(52-59)55(60)49-46-43-40-37-34-31-27-24-21-18-15-12-9-6-3/h28-29,53-55,59-60H,4-27,30-52H2,1-3H3,(H,58,61)/b29-28+. The van der Waals surface area contributed by atoms with Gasteiger partial charge in [-0.25, -0.2) is 0 Å². The zero-order valence-corrected chi connectivity index (χ0v) is 42.7. The van der Waals surface area contributed by atoms with Crippen molar-refractivity contribution < 1.29 is 24.5 Å². The zero-order chi connectivity index (χ0) is 45.9. The van der Waals surface area contributed by atoms with Crippen LogP contribution in [0.5, 0.6) is 0 Å². The van der Waals surface area contributed by atoms with Crippen LogP contribution in [0.1, 0.15) is 316 Å². The van der Waals surface area contributed by atoms with Crippen molar-refractivity contribution in [3.8, 4) is 0 Å². The van der Waals surface area contributed by atoms with E-state index < -0.39 is 18.2 Å². The fraction of sp³-hybridized carbons (Fsp3) is 0.930. The highest BCUT2D eigenvalue weighted by Gasteiger charge is 2.24. The smallest absolute Gasteiger partial charge is 0.306 e. The summed E-state index contributed by atoms with van der Waals surface area (Å²) in [5.41, 5.74) is 0. The molecule has 0 spiro atoms. The molecule has 374 valence electrons. The molecule has 0 saturated heterocycles. The van der Waals surface area contributed by atoms with Crippen molar-refractivity contribution in [1.82, 2.24) is 5.32 Å². The Morgan fingerprint density at radius 2 is 0.762 bits per heavy atom. The Kier molecular flexibility index (Phi) is 50.4. The zero-order valence-electron chi connectivity index (χ0n) is 42.7. The van der Waals surface area contributed by atoms with Crippen LogP contribution < -0.4 is 5.32 Å². The van der Waals surface area contributed by atoms with E-state index in [1.807, 2.05) is 0 Å². The Labute approximate surface area is 393 Å². The summed E-state index contributed by atoms with van der Waals surface area (Å²) < 4.78 is 5.96. The molecule has 0 aliphatic heterocycles. The van der Waals surface area contributed by atoms with E-state index in [9.17, 15) is 19.8 Å². The van der Waals surface area contributed by atoms with Gasteiger partial charge < -0.3 is 20.3 Å². The predicted molar refractivity (Wildman–Crippen MR) is 273 cm³/mol. The van der Waals surface area contributed by atoms with E-state index in [2.05, 4.69) is 38.2 Å². The molecule has 0 radical (unpaired) electrons. The minimum absolute atomic E-state index is 0.0821. The largest absolute Gasteiger partial charge is 0.462 e. The van der Waals surface area contributed by atoms with Crippen LogP contribution in [0, 0.1) is 0 Å². The molecule has 0 rings (SSSR count). The van der Waals surface area contributed by atoms with Gasteiger partial charge in [-0.15, -0.1) is 0 Å². The average Bonchev–Trinajstić information content (AvgIpc) is 3.28. The molecule has 0 saturated carbocycles. The van der Waals surface area contributed by atoms with Gasteiger partial charge in [0.1, 0.15) is 6.10 Å². The Hall–Kier alpha value is -1.40. The lowest BCUT2D eigenvalue weighted by Crippen LogP contribution is -2.46. The molecule has 3 unspecified atom stereocenters. The van der Waals surface area contributed by atoms with E-state index in [-0.39, 0.29) is 24.9 Å². The van der Waals surface area contributed by atoms with Gasteiger partial charge in [0.25, 0.3) is 0 Å². The first-order valence-corrected chi connectivity index (χ1v) is 28.4. The quantitative estimate of drug-likeness (QED) is 0.0321. The lowest BCUT2D eigenvalue weighted by molar-refractivity contribution is -0.151. The first-order chi connectivity index (χ1) is 31.0. The van der Waals surface area contributed by atoms with E-state index >= 15 is 0 Å². The van der Waals surface area contributed by atoms with Crippen molar-refractivity contribution in [2.75, 3.05) is 6.61 Å². The van der Waals surface area contributed by atoms with Gasteiger partial charge in [0.15, 0.2) is 0 Å². The van der Waals surface area contributed by atoms with E-state index in [0.717, 1.165) is 51.4 Å². The van der Waals surface area contributed by atoms with Crippen molar-refractivity contribution in [1.29, 1.82) is 0 Å². The maximum absolute atomic E-state index is 13.2. The summed E-state index contributed by atoms with van der Waals surface area (Å²) in [5, 5.41) is 23.9. The highest BCUT2D eigenvalue weighted by molar-refractivity contribution is 5.77. The number of aliphatic hydroxyl groups is 2. The van der Waals surface area contributed by atoms with Crippen LogP contribution in [-0.4, -0.2) is 46.9 Å². The summed E-state index contributed by atoms with van der Waals surface area (Å²) in [6.45, 7) is 6.52. The third kappa shape index (κ3) is 46.9. The lowest BCUT2D eigenvalue weighted by Gasteiger charge is -2.24. The van der Waals surface area contributed by atoms with Crippen molar-refractivity contribution >= 4 is 11.9 Å². The number of unbranched alkanes of at least 4 members (excludes halogenated alkanes) is 38. The maximum atomic E-state index is 13.2. The number of carbonyl (C=O) groups is 2. The van der Waals surface area contributed by atoms with Gasteiger partial charge in [-0.1, -0.05) is 264 Å². The Morgan fingerprint density at radius 3 is 1.13 bits per heavy atom. The van der Waals surface area contributed by atoms with Gasteiger partial charge in [0.05, 0.1) is 25.2 Å². The maximum Gasteiger partial charge on any atom is 0.306 e. The molecule has 0 aliphatic rings. The minimum atomic E-state index is -0.783. The molecular formula is C57H111NO5. The molecule has 1 amide bonds. The third-order valence-corrected chi connectivity index (χ3v) is 13.3. The number of aliphatic hydroxyl groups excluding tert-OH is 2. The highest BCUT2D eigenvalue weighted by Crippen LogP contribution is 2.19. The second-order valence-corrected chi connectivity index (χ2v) is 19.7. The fourth-order valence-electron chi connectivity index (χ4n) is 9.02. The van der Waals surface area contributed by atoms with Crippen molar-refractivity contribution in [3.05, 3.63) is 12.2 Å². The van der Waals surface area contributed by atoms with Crippen LogP contribution in [0.3, 0.4) is 0 Å². The van der Waals surface area contributed by atoms with E-state index in [4.69, 9.17) is 4.74 Å². The lowest BCUT2D eigenvalue weighted by atomic mass is 10.0. The molecule has 6 nitrogen and oxygen atoms in total. The number of esters is 1. The Morgan fingerprint density at radius 1 is 0.444 bits per heavy atom. The van der Waals surface area contributed by atoms with Crippen LogP contribution in [-0.2, 0) is 14.3 Å². The van der Waals surface area contributed by atoms with Crippen molar-refractivity contribution in [2.45, 2.75) is 334 Å². The molecule has 0 aliphatic carbocycles. The Balaban J connectivity index is 4.52. The van der Waals surface area contributed by atoms with Gasteiger partial charge in [-0.2, -0.15) is 0 Å². The van der Waals surface area contributed by atoms with Crippen molar-refractivity contribution in [3.63, 3.8) is 0 Å². The van der Waals surface area contributed by atoms with Gasteiger partial charge >= 0.3 is 5.97 Å². The van der Waals surface area contributed by atoms with E-state index in [0.29, 0.717) is 19.3 Å². The number of allylic oxidation sites excluding steroid dienone is 2. The molecule has 0 aromatic carbocycles. The number of ether oxygens (including phenoxy) is 1. The monoisotopic (exact) mass is 890 g/mol. The number of hydrogen-bond acceptors (Lipinski definition) is 5.